The Morgan fingerprint density at radius 3 is 2.00 bits per heavy atom. The number of carbonyl (C=O) groups is 2. The van der Waals surface area contributed by atoms with Crippen molar-refractivity contribution < 1.29 is 40.2 Å². The molecule has 1 aromatic rings. The summed E-state index contributed by atoms with van der Waals surface area (Å²) in [6.45, 7) is 1.22. The molecule has 10 heteroatoms. The molecule has 6 N–H and O–H groups in total. The predicted octanol–water partition coefficient (Wildman–Crippen LogP) is -1.55. The van der Waals surface area contributed by atoms with E-state index in [1.54, 1.807) is 0 Å². The Balaban J connectivity index is 0.000000262. The number of hydrogen-bond acceptors (Lipinski definition) is 8. The van der Waals surface area contributed by atoms with Crippen LogP contribution in [0.1, 0.15) is 24.4 Å². The fourth-order valence-corrected chi connectivity index (χ4v) is 2.57. The molecule has 0 bridgehead atoms. The molecule has 0 radical (unpaired) electrons. The number of hydrogen-bond donors (Lipinski definition) is 6. The highest BCUT2D eigenvalue weighted by molar-refractivity contribution is 5.75. The second kappa shape index (κ2) is 10.1. The summed E-state index contributed by atoms with van der Waals surface area (Å²) in [6, 6.07) is 4.79. The molecule has 146 valence electrons. The fourth-order valence-electron chi connectivity index (χ4n) is 2.57. The van der Waals surface area contributed by atoms with Gasteiger partial charge in [-0.3, -0.25) is 9.88 Å². The Morgan fingerprint density at radius 2 is 1.65 bits per heavy atom. The zero-order valence-corrected chi connectivity index (χ0v) is 14.2. The lowest BCUT2D eigenvalue weighted by Gasteiger charge is -2.21. The molecule has 0 aliphatic carbocycles. The first-order chi connectivity index (χ1) is 12.2. The molecule has 2 heterocycles. The van der Waals surface area contributed by atoms with E-state index in [9.17, 15) is 9.59 Å². The summed E-state index contributed by atoms with van der Waals surface area (Å²) >= 11 is 0. The normalized spacial score (nSPS) is 21.8. The number of nitrogens with zero attached hydrogens (tertiary/aromatic N) is 2. The molecule has 1 aliphatic rings. The van der Waals surface area contributed by atoms with E-state index >= 15 is 0 Å². The van der Waals surface area contributed by atoms with Crippen LogP contribution >= 0.6 is 0 Å². The van der Waals surface area contributed by atoms with Crippen molar-refractivity contribution in [2.45, 2.75) is 43.3 Å². The zero-order chi connectivity index (χ0) is 19.9. The number of aliphatic carboxylic acids is 2. The maximum atomic E-state index is 10.1. The van der Waals surface area contributed by atoms with Crippen molar-refractivity contribution in [3.8, 4) is 0 Å². The third kappa shape index (κ3) is 6.00. The number of pyridine rings is 1. The van der Waals surface area contributed by atoms with Gasteiger partial charge < -0.3 is 30.6 Å². The van der Waals surface area contributed by atoms with Crippen LogP contribution in [0.25, 0.3) is 0 Å². The predicted molar refractivity (Wildman–Crippen MR) is 88.1 cm³/mol. The summed E-state index contributed by atoms with van der Waals surface area (Å²) in [5, 5.41) is 51.5. The van der Waals surface area contributed by atoms with Crippen molar-refractivity contribution >= 4 is 11.9 Å². The molecule has 0 aromatic carbocycles. The molecular weight excluding hydrogens is 348 g/mol. The Kier molecular flexibility index (Phi) is 8.55. The van der Waals surface area contributed by atoms with Gasteiger partial charge in [-0.25, -0.2) is 9.59 Å². The Labute approximate surface area is 150 Å². The van der Waals surface area contributed by atoms with Crippen molar-refractivity contribution in [1.82, 2.24) is 9.88 Å². The third-order valence-corrected chi connectivity index (χ3v) is 4.09. The van der Waals surface area contributed by atoms with Crippen molar-refractivity contribution in [3.05, 3.63) is 30.1 Å². The molecule has 2 rings (SSSR count). The van der Waals surface area contributed by atoms with Crippen LogP contribution < -0.4 is 0 Å². The van der Waals surface area contributed by atoms with Crippen LogP contribution in [-0.2, 0) is 9.59 Å². The molecular formula is C16H24N2O8. The summed E-state index contributed by atoms with van der Waals surface area (Å²) in [5.41, 5.74) is 1.36. The van der Waals surface area contributed by atoms with E-state index in [2.05, 4.69) is 23.0 Å². The lowest BCUT2D eigenvalue weighted by molar-refractivity contribution is -0.172. The molecule has 1 aliphatic heterocycles. The van der Waals surface area contributed by atoms with Gasteiger partial charge in [-0.15, -0.1) is 0 Å². The van der Waals surface area contributed by atoms with Crippen LogP contribution in [-0.4, -0.2) is 90.5 Å². The smallest absolute Gasteiger partial charge is 0.335 e. The number of aromatic nitrogens is 1. The molecule has 0 saturated carbocycles. The van der Waals surface area contributed by atoms with Crippen LogP contribution in [0, 0.1) is 0 Å². The number of likely N-dealkylation sites (tertiary alicyclic amines) is 1. The maximum Gasteiger partial charge on any atom is 0.335 e. The van der Waals surface area contributed by atoms with Gasteiger partial charge in [0.25, 0.3) is 0 Å². The van der Waals surface area contributed by atoms with Crippen molar-refractivity contribution in [1.29, 1.82) is 0 Å². The summed E-state index contributed by atoms with van der Waals surface area (Å²) in [7, 11) is 2.19. The van der Waals surface area contributed by atoms with E-state index in [0.29, 0.717) is 6.04 Å². The van der Waals surface area contributed by atoms with Crippen LogP contribution in [0.2, 0.25) is 0 Å². The fraction of sp³-hybridized carbons (Fsp3) is 0.562. The van der Waals surface area contributed by atoms with Gasteiger partial charge in [0.05, 0.1) is 0 Å². The number of carboxylic acid groups (broad SMARTS) is 2. The lowest BCUT2D eigenvalue weighted by Crippen LogP contribution is -2.49. The highest BCUT2D eigenvalue weighted by atomic mass is 16.4. The molecule has 1 fully saturated rings. The minimum absolute atomic E-state index is 0.610. The number of aliphatic hydroxyl groups is 4. The van der Waals surface area contributed by atoms with Gasteiger partial charge in [0.2, 0.25) is 0 Å². The second-order valence-electron chi connectivity index (χ2n) is 5.97. The van der Waals surface area contributed by atoms with Crippen molar-refractivity contribution in [2.24, 2.45) is 0 Å². The summed E-state index contributed by atoms with van der Waals surface area (Å²) in [4.78, 5) is 26.7. The monoisotopic (exact) mass is 372 g/mol. The average molecular weight is 372 g/mol. The molecule has 5 atom stereocenters. The van der Waals surface area contributed by atoms with E-state index in [-0.39, 0.29) is 0 Å². The average Bonchev–Trinajstić information content (AvgIpc) is 3.06. The van der Waals surface area contributed by atoms with Gasteiger partial charge >= 0.3 is 11.9 Å². The third-order valence-electron chi connectivity index (χ3n) is 4.09. The molecule has 0 unspecified atom stereocenters. The second-order valence-corrected chi connectivity index (χ2v) is 5.97. The molecule has 0 amide bonds. The minimum atomic E-state index is -2.36. The number of carboxylic acids is 2. The first-order valence-corrected chi connectivity index (χ1v) is 7.94. The molecule has 1 aromatic heterocycles. The van der Waals surface area contributed by atoms with Crippen molar-refractivity contribution in [2.75, 3.05) is 13.6 Å². The Bertz CT molecular complexity index is 561. The highest BCUT2D eigenvalue weighted by Crippen LogP contribution is 2.29. The first-order valence-electron chi connectivity index (χ1n) is 7.94. The van der Waals surface area contributed by atoms with E-state index < -0.39 is 36.4 Å². The standard InChI is InChI=1S/C10H14N2.C6H10O8/c1-12-7-3-5-10(12)9-4-2-6-11-8-9;7-1(3(9)5(11)12)2(8)4(10)6(13)14/h2,4,6,8,10H,3,5,7H2,1H3;1-4,7-10H,(H,11,12)(H,13,14)/t10-;1-,2+,3+,4-/m0./s1. The molecule has 26 heavy (non-hydrogen) atoms. The van der Waals surface area contributed by atoms with E-state index in [1.165, 1.54) is 24.9 Å². The van der Waals surface area contributed by atoms with Gasteiger partial charge in [-0.05, 0) is 38.1 Å². The maximum absolute atomic E-state index is 10.1. The topological polar surface area (TPSA) is 172 Å². The van der Waals surface area contributed by atoms with Crippen LogP contribution in [0.4, 0.5) is 0 Å². The van der Waals surface area contributed by atoms with Gasteiger partial charge in [-0.1, -0.05) is 6.07 Å². The van der Waals surface area contributed by atoms with Gasteiger partial charge in [0, 0.05) is 18.4 Å². The number of rotatable bonds is 6. The minimum Gasteiger partial charge on any atom is -0.479 e. The molecule has 10 nitrogen and oxygen atoms in total. The quantitative estimate of drug-likeness (QED) is 0.343. The van der Waals surface area contributed by atoms with Gasteiger partial charge in [0.15, 0.2) is 12.2 Å². The molecule has 0 spiro atoms. The largest absolute Gasteiger partial charge is 0.479 e. The number of aliphatic hydroxyl groups excluding tert-OH is 4. The lowest BCUT2D eigenvalue weighted by atomic mass is 10.0. The molecule has 1 saturated heterocycles. The van der Waals surface area contributed by atoms with Crippen LogP contribution in [0.5, 0.6) is 0 Å². The van der Waals surface area contributed by atoms with E-state index in [4.69, 9.17) is 30.6 Å². The van der Waals surface area contributed by atoms with Gasteiger partial charge in [0.1, 0.15) is 12.2 Å². The zero-order valence-electron chi connectivity index (χ0n) is 14.2. The van der Waals surface area contributed by atoms with Crippen LogP contribution in [0.3, 0.4) is 0 Å². The summed E-state index contributed by atoms with van der Waals surface area (Å²) < 4.78 is 0. The Hall–Kier alpha value is -2.11. The first kappa shape index (κ1) is 21.9. The highest BCUT2D eigenvalue weighted by Gasteiger charge is 2.37. The SMILES string of the molecule is CN1CCC[C@H]1c1cccnc1.O=C(O)[C@@H](O)[C@H](O)[C@H](O)[C@@H](O)C(=O)O. The van der Waals surface area contributed by atoms with Gasteiger partial charge in [-0.2, -0.15) is 0 Å². The summed E-state index contributed by atoms with van der Waals surface area (Å²) in [5.74, 6) is -3.68. The van der Waals surface area contributed by atoms with E-state index in [0.717, 1.165) is 0 Å². The Morgan fingerprint density at radius 1 is 1.12 bits per heavy atom. The summed E-state index contributed by atoms with van der Waals surface area (Å²) in [6.07, 6.45) is -2.88. The van der Waals surface area contributed by atoms with Crippen LogP contribution in [0.15, 0.2) is 24.5 Å². The van der Waals surface area contributed by atoms with E-state index in [1.807, 2.05) is 18.5 Å². The van der Waals surface area contributed by atoms with Crippen molar-refractivity contribution in [3.63, 3.8) is 0 Å².